The van der Waals surface area contributed by atoms with Crippen LogP contribution in [0.15, 0.2) is 46.4 Å². The molecule has 0 bridgehead atoms. The van der Waals surface area contributed by atoms with E-state index in [-0.39, 0.29) is 17.5 Å². The highest BCUT2D eigenvalue weighted by molar-refractivity contribution is 9.10. The topological polar surface area (TPSA) is 67.9 Å². The van der Waals surface area contributed by atoms with Gasteiger partial charge in [0.25, 0.3) is 11.8 Å². The number of ether oxygens (including phenoxy) is 2. The summed E-state index contributed by atoms with van der Waals surface area (Å²) in [6.07, 6.45) is 1.51. The van der Waals surface area contributed by atoms with E-state index in [0.717, 1.165) is 5.56 Å². The molecule has 2 heterocycles. The van der Waals surface area contributed by atoms with Crippen molar-refractivity contribution >= 4 is 56.8 Å². The van der Waals surface area contributed by atoms with Gasteiger partial charge in [-0.2, -0.15) is 0 Å². The van der Waals surface area contributed by atoms with E-state index in [1.807, 2.05) is 19.1 Å². The molecule has 1 fully saturated rings. The summed E-state index contributed by atoms with van der Waals surface area (Å²) < 4.78 is 11.4. The van der Waals surface area contributed by atoms with E-state index in [0.29, 0.717) is 27.2 Å². The third-order valence-electron chi connectivity index (χ3n) is 4.19. The van der Waals surface area contributed by atoms with Gasteiger partial charge in [0.05, 0.1) is 5.69 Å². The summed E-state index contributed by atoms with van der Waals surface area (Å²) in [5, 5.41) is 2.62. The predicted octanol–water partition coefficient (Wildman–Crippen LogP) is 3.32. The van der Waals surface area contributed by atoms with Gasteiger partial charge in [0.2, 0.25) is 6.79 Å². The van der Waals surface area contributed by atoms with Crippen LogP contribution < -0.4 is 19.7 Å². The van der Waals surface area contributed by atoms with Crippen LogP contribution in [-0.4, -0.2) is 23.7 Å². The summed E-state index contributed by atoms with van der Waals surface area (Å²) in [5.41, 5.74) is 2.24. The van der Waals surface area contributed by atoms with E-state index < -0.39 is 11.8 Å². The van der Waals surface area contributed by atoms with Crippen molar-refractivity contribution in [2.45, 2.75) is 6.92 Å². The molecule has 0 saturated carbocycles. The fourth-order valence-electron chi connectivity index (χ4n) is 2.78. The van der Waals surface area contributed by atoms with Gasteiger partial charge in [-0.15, -0.1) is 0 Å². The third-order valence-corrected chi connectivity index (χ3v) is 5.16. The van der Waals surface area contributed by atoms with Crippen molar-refractivity contribution in [2.24, 2.45) is 0 Å². The molecule has 1 saturated heterocycles. The first kappa shape index (κ1) is 17.7. The van der Waals surface area contributed by atoms with Crippen LogP contribution in [0.3, 0.4) is 0 Å². The summed E-state index contributed by atoms with van der Waals surface area (Å²) in [6.45, 7) is 2.08. The molecule has 6 nitrogen and oxygen atoms in total. The Morgan fingerprint density at radius 1 is 1.15 bits per heavy atom. The number of carbonyl (C=O) groups excluding carboxylic acids is 2. The fraction of sp³-hybridized carbons (Fsp3) is 0.105. The molecular weight excluding hydrogens is 432 g/mol. The number of rotatable bonds is 2. The molecule has 8 heteroatoms. The molecule has 4 rings (SSSR count). The van der Waals surface area contributed by atoms with Gasteiger partial charge in [-0.25, -0.2) is 0 Å². The van der Waals surface area contributed by atoms with Gasteiger partial charge >= 0.3 is 0 Å². The zero-order chi connectivity index (χ0) is 19.1. The number of thiocarbonyl (C=S) groups is 1. The second kappa shape index (κ2) is 6.79. The first-order valence-electron chi connectivity index (χ1n) is 8.01. The zero-order valence-electron chi connectivity index (χ0n) is 14.1. The maximum atomic E-state index is 13.0. The molecule has 0 aromatic heterocycles. The number of carbonyl (C=O) groups is 2. The van der Waals surface area contributed by atoms with Crippen LogP contribution in [0.4, 0.5) is 5.69 Å². The summed E-state index contributed by atoms with van der Waals surface area (Å²) >= 11 is 8.64. The van der Waals surface area contributed by atoms with E-state index in [9.17, 15) is 9.59 Å². The second-order valence-corrected chi connectivity index (χ2v) is 7.26. The number of halogens is 1. The highest BCUT2D eigenvalue weighted by Crippen LogP contribution is 2.38. The van der Waals surface area contributed by atoms with Gasteiger partial charge in [0, 0.05) is 4.47 Å². The molecule has 2 aliphatic rings. The molecule has 2 aromatic carbocycles. The zero-order valence-corrected chi connectivity index (χ0v) is 16.5. The van der Waals surface area contributed by atoms with E-state index in [4.69, 9.17) is 21.7 Å². The van der Waals surface area contributed by atoms with Crippen molar-refractivity contribution in [1.29, 1.82) is 0 Å². The Balaban J connectivity index is 1.75. The molecule has 0 unspecified atom stereocenters. The highest BCUT2D eigenvalue weighted by Gasteiger charge is 2.34. The number of amides is 2. The standard InChI is InChI=1S/C19H13BrN2O4S/c1-10-2-4-12(5-3-10)22-18(24)13(17(23)21-19(22)27)6-11-7-15-16(8-14(11)20)26-9-25-15/h2-8H,9H2,1H3,(H,21,23,27)/b13-6+. The Kier molecular flexibility index (Phi) is 4.45. The Bertz CT molecular complexity index is 1020. The quantitative estimate of drug-likeness (QED) is 0.437. The highest BCUT2D eigenvalue weighted by atomic mass is 79.9. The van der Waals surface area contributed by atoms with Gasteiger partial charge in [0.15, 0.2) is 16.6 Å². The lowest BCUT2D eigenvalue weighted by molar-refractivity contribution is -0.122. The largest absolute Gasteiger partial charge is 0.454 e. The van der Waals surface area contributed by atoms with Crippen molar-refractivity contribution in [3.63, 3.8) is 0 Å². The number of nitrogens with one attached hydrogen (secondary N) is 1. The molecular formula is C19H13BrN2O4S. The minimum Gasteiger partial charge on any atom is -0.454 e. The van der Waals surface area contributed by atoms with Crippen molar-refractivity contribution < 1.29 is 19.1 Å². The minimum absolute atomic E-state index is 0.0243. The minimum atomic E-state index is -0.544. The lowest BCUT2D eigenvalue weighted by Gasteiger charge is -2.29. The maximum absolute atomic E-state index is 13.0. The van der Waals surface area contributed by atoms with Gasteiger partial charge < -0.3 is 9.47 Å². The molecule has 136 valence electrons. The first-order valence-corrected chi connectivity index (χ1v) is 9.21. The molecule has 0 spiro atoms. The third kappa shape index (κ3) is 3.22. The Morgan fingerprint density at radius 3 is 2.52 bits per heavy atom. The summed E-state index contributed by atoms with van der Waals surface area (Å²) in [5.74, 6) is 0.126. The Hall–Kier alpha value is -2.71. The summed E-state index contributed by atoms with van der Waals surface area (Å²) in [4.78, 5) is 26.7. The fourth-order valence-corrected chi connectivity index (χ4v) is 3.50. The summed E-state index contributed by atoms with van der Waals surface area (Å²) in [6, 6.07) is 10.8. The molecule has 0 radical (unpaired) electrons. The lowest BCUT2D eigenvalue weighted by Crippen LogP contribution is -2.54. The van der Waals surface area contributed by atoms with Gasteiger partial charge in [-0.1, -0.05) is 33.6 Å². The monoisotopic (exact) mass is 444 g/mol. The normalized spacial score (nSPS) is 17.5. The van der Waals surface area contributed by atoms with E-state index in [1.165, 1.54) is 11.0 Å². The average molecular weight is 445 g/mol. The number of nitrogens with zero attached hydrogens (tertiary/aromatic N) is 1. The Morgan fingerprint density at radius 2 is 1.81 bits per heavy atom. The van der Waals surface area contributed by atoms with E-state index >= 15 is 0 Å². The molecule has 0 aliphatic carbocycles. The predicted molar refractivity (Wildman–Crippen MR) is 108 cm³/mol. The lowest BCUT2D eigenvalue weighted by atomic mass is 10.1. The van der Waals surface area contributed by atoms with Crippen LogP contribution in [0, 0.1) is 6.92 Å². The van der Waals surface area contributed by atoms with Gasteiger partial charge in [-0.3, -0.25) is 19.8 Å². The molecule has 0 atom stereocenters. The van der Waals surface area contributed by atoms with Crippen LogP contribution in [-0.2, 0) is 9.59 Å². The van der Waals surface area contributed by atoms with Crippen molar-refractivity contribution in [2.75, 3.05) is 11.7 Å². The second-order valence-electron chi connectivity index (χ2n) is 6.02. The van der Waals surface area contributed by atoms with Crippen LogP contribution in [0.1, 0.15) is 11.1 Å². The number of benzene rings is 2. The number of aryl methyl sites for hydroxylation is 1. The van der Waals surface area contributed by atoms with Gasteiger partial charge in [-0.05, 0) is 55.0 Å². The van der Waals surface area contributed by atoms with Crippen molar-refractivity contribution in [1.82, 2.24) is 5.32 Å². The molecule has 1 N–H and O–H groups in total. The maximum Gasteiger partial charge on any atom is 0.270 e. The smallest absolute Gasteiger partial charge is 0.270 e. The number of hydrogen-bond acceptors (Lipinski definition) is 5. The first-order chi connectivity index (χ1) is 12.9. The molecule has 2 aliphatic heterocycles. The van der Waals surface area contributed by atoms with Crippen LogP contribution in [0.25, 0.3) is 6.08 Å². The van der Waals surface area contributed by atoms with Gasteiger partial charge in [0.1, 0.15) is 5.57 Å². The van der Waals surface area contributed by atoms with Crippen molar-refractivity contribution in [3.8, 4) is 11.5 Å². The number of hydrogen-bond donors (Lipinski definition) is 1. The van der Waals surface area contributed by atoms with Crippen LogP contribution >= 0.6 is 28.1 Å². The number of fused-ring (bicyclic) bond motifs is 1. The SMILES string of the molecule is Cc1ccc(N2C(=O)/C(=C/c3cc4c(cc3Br)OCO4)C(=O)NC2=S)cc1. The molecule has 27 heavy (non-hydrogen) atoms. The summed E-state index contributed by atoms with van der Waals surface area (Å²) in [7, 11) is 0. The van der Waals surface area contributed by atoms with E-state index in [2.05, 4.69) is 21.2 Å². The average Bonchev–Trinajstić information content (AvgIpc) is 3.07. The van der Waals surface area contributed by atoms with Crippen molar-refractivity contribution in [3.05, 3.63) is 57.6 Å². The molecule has 2 aromatic rings. The van der Waals surface area contributed by atoms with Crippen LogP contribution in [0.2, 0.25) is 0 Å². The van der Waals surface area contributed by atoms with Crippen LogP contribution in [0.5, 0.6) is 11.5 Å². The Labute approximate surface area is 168 Å². The molecule has 2 amide bonds. The van der Waals surface area contributed by atoms with E-state index in [1.54, 1.807) is 24.3 Å². The number of anilines is 1.